The molecule has 1 amide bonds. The summed E-state index contributed by atoms with van der Waals surface area (Å²) in [6.45, 7) is 6.74. The number of ether oxygens (including phenoxy) is 3. The maximum absolute atomic E-state index is 12.5. The Bertz CT molecular complexity index is 583. The number of hydrogen-bond acceptors (Lipinski definition) is 6. The van der Waals surface area contributed by atoms with E-state index in [9.17, 15) is 19.8 Å². The highest BCUT2D eigenvalue weighted by Gasteiger charge is 2.61. The second-order valence-electron chi connectivity index (χ2n) is 9.03. The lowest BCUT2D eigenvalue weighted by Crippen LogP contribution is -2.64. The summed E-state index contributed by atoms with van der Waals surface area (Å²) in [5.74, 6) is -1.76. The normalized spacial score (nSPS) is 30.3. The van der Waals surface area contributed by atoms with Gasteiger partial charge in [-0.2, -0.15) is 0 Å². The Kier molecular flexibility index (Phi) is 5.20. The first-order chi connectivity index (χ1) is 12.5. The molecule has 1 spiro atoms. The third-order valence-corrected chi connectivity index (χ3v) is 6.10. The standard InChI is InChI=1S/C19H31NO7/c1-16(2,3)27-15(23)20-10-4-5-17(13-20,14(21)22)18(24)6-8-19(9-7-18)25-11-12-26-19/h24H,4-13H2,1-3H3,(H,21,22). The van der Waals surface area contributed by atoms with Crippen molar-refractivity contribution in [2.75, 3.05) is 26.3 Å². The van der Waals surface area contributed by atoms with E-state index < -0.39 is 34.5 Å². The molecule has 1 atom stereocenters. The monoisotopic (exact) mass is 385 g/mol. The third kappa shape index (κ3) is 3.79. The molecule has 0 aromatic carbocycles. The number of carbonyl (C=O) groups is 2. The Balaban J connectivity index is 1.79. The van der Waals surface area contributed by atoms with Crippen LogP contribution in [-0.4, -0.2) is 70.5 Å². The van der Waals surface area contributed by atoms with Crippen molar-refractivity contribution in [3.63, 3.8) is 0 Å². The van der Waals surface area contributed by atoms with Gasteiger partial charge in [-0.25, -0.2) is 4.79 Å². The quantitative estimate of drug-likeness (QED) is 0.750. The van der Waals surface area contributed by atoms with Gasteiger partial charge in [-0.1, -0.05) is 0 Å². The molecule has 1 unspecified atom stereocenters. The third-order valence-electron chi connectivity index (χ3n) is 6.10. The van der Waals surface area contributed by atoms with Crippen LogP contribution in [-0.2, 0) is 19.0 Å². The molecule has 1 aliphatic carbocycles. The van der Waals surface area contributed by atoms with Crippen LogP contribution in [0.5, 0.6) is 0 Å². The first kappa shape index (κ1) is 20.4. The average molecular weight is 385 g/mol. The van der Waals surface area contributed by atoms with E-state index in [1.54, 1.807) is 20.8 Å². The van der Waals surface area contributed by atoms with Crippen molar-refractivity contribution in [1.29, 1.82) is 0 Å². The molecule has 0 aromatic rings. The predicted octanol–water partition coefficient (Wildman–Crippen LogP) is 2.14. The number of hydrogen-bond donors (Lipinski definition) is 2. The number of rotatable bonds is 2. The van der Waals surface area contributed by atoms with E-state index in [2.05, 4.69) is 0 Å². The Labute approximate surface area is 159 Å². The van der Waals surface area contributed by atoms with Crippen LogP contribution in [0.3, 0.4) is 0 Å². The van der Waals surface area contributed by atoms with Gasteiger partial charge in [0, 0.05) is 25.9 Å². The number of aliphatic hydroxyl groups is 1. The maximum Gasteiger partial charge on any atom is 0.410 e. The van der Waals surface area contributed by atoms with Gasteiger partial charge < -0.3 is 29.3 Å². The number of carboxylic acid groups (broad SMARTS) is 1. The molecule has 3 rings (SSSR count). The molecule has 2 saturated heterocycles. The summed E-state index contributed by atoms with van der Waals surface area (Å²) in [6.07, 6.45) is 1.73. The van der Waals surface area contributed by atoms with E-state index >= 15 is 0 Å². The van der Waals surface area contributed by atoms with Crippen LogP contribution in [0.1, 0.15) is 59.3 Å². The maximum atomic E-state index is 12.5. The van der Waals surface area contributed by atoms with E-state index in [1.807, 2.05) is 0 Å². The molecule has 1 saturated carbocycles. The molecule has 154 valence electrons. The number of carbonyl (C=O) groups excluding carboxylic acids is 1. The predicted molar refractivity (Wildman–Crippen MR) is 95.2 cm³/mol. The van der Waals surface area contributed by atoms with Gasteiger partial charge in [-0.05, 0) is 46.5 Å². The van der Waals surface area contributed by atoms with Gasteiger partial charge in [0.1, 0.15) is 11.0 Å². The highest BCUT2D eigenvalue weighted by atomic mass is 16.7. The van der Waals surface area contributed by atoms with Gasteiger partial charge in [0.2, 0.25) is 0 Å². The highest BCUT2D eigenvalue weighted by molar-refractivity contribution is 5.78. The van der Waals surface area contributed by atoms with Gasteiger partial charge in [0.25, 0.3) is 0 Å². The number of piperidine rings is 1. The lowest BCUT2D eigenvalue weighted by molar-refractivity contribution is -0.231. The number of nitrogens with zero attached hydrogens (tertiary/aromatic N) is 1. The van der Waals surface area contributed by atoms with Crippen LogP contribution in [0.4, 0.5) is 4.79 Å². The fraction of sp³-hybridized carbons (Fsp3) is 0.895. The Morgan fingerprint density at radius 2 is 1.63 bits per heavy atom. The lowest BCUT2D eigenvalue weighted by atomic mass is 9.60. The van der Waals surface area contributed by atoms with E-state index in [0.717, 1.165) is 0 Å². The van der Waals surface area contributed by atoms with Gasteiger partial charge in [0.05, 0.1) is 18.8 Å². The van der Waals surface area contributed by atoms with E-state index in [-0.39, 0.29) is 19.4 Å². The van der Waals surface area contributed by atoms with Crippen molar-refractivity contribution in [3.05, 3.63) is 0 Å². The molecule has 27 heavy (non-hydrogen) atoms. The van der Waals surface area contributed by atoms with Crippen LogP contribution in [0, 0.1) is 5.41 Å². The second kappa shape index (κ2) is 6.90. The van der Waals surface area contributed by atoms with Crippen LogP contribution in [0.2, 0.25) is 0 Å². The summed E-state index contributed by atoms with van der Waals surface area (Å²) in [4.78, 5) is 26.3. The van der Waals surface area contributed by atoms with Crippen molar-refractivity contribution >= 4 is 12.1 Å². The van der Waals surface area contributed by atoms with Crippen molar-refractivity contribution in [2.45, 2.75) is 76.3 Å². The van der Waals surface area contributed by atoms with Crippen LogP contribution < -0.4 is 0 Å². The molecule has 8 heteroatoms. The summed E-state index contributed by atoms with van der Waals surface area (Å²) >= 11 is 0. The number of likely N-dealkylation sites (tertiary alicyclic amines) is 1. The lowest BCUT2D eigenvalue weighted by Gasteiger charge is -2.52. The molecule has 0 aromatic heterocycles. The SMILES string of the molecule is CC(C)(C)OC(=O)N1CCCC(C(=O)O)(C2(O)CCC3(CC2)OCCO3)C1. The zero-order valence-electron chi connectivity index (χ0n) is 16.5. The summed E-state index contributed by atoms with van der Waals surface area (Å²) in [5.41, 5.74) is -3.49. The van der Waals surface area contributed by atoms with Crippen molar-refractivity contribution in [2.24, 2.45) is 5.41 Å². The van der Waals surface area contributed by atoms with Crippen molar-refractivity contribution in [3.8, 4) is 0 Å². The minimum absolute atomic E-state index is 0.0531. The first-order valence-corrected chi connectivity index (χ1v) is 9.73. The zero-order valence-corrected chi connectivity index (χ0v) is 16.5. The van der Waals surface area contributed by atoms with Crippen LogP contribution in [0.15, 0.2) is 0 Å². The Hall–Kier alpha value is -1.38. The molecule has 2 N–H and O–H groups in total. The second-order valence-corrected chi connectivity index (χ2v) is 9.03. The van der Waals surface area contributed by atoms with E-state index in [1.165, 1.54) is 4.90 Å². The topological polar surface area (TPSA) is 106 Å². The van der Waals surface area contributed by atoms with Crippen LogP contribution >= 0.6 is 0 Å². The number of aliphatic carboxylic acids is 1. The van der Waals surface area contributed by atoms with E-state index in [4.69, 9.17) is 14.2 Å². The molecular weight excluding hydrogens is 354 g/mol. The number of carboxylic acids is 1. The molecular formula is C19H31NO7. The highest BCUT2D eigenvalue weighted by Crippen LogP contribution is 2.51. The Morgan fingerprint density at radius 3 is 2.15 bits per heavy atom. The number of amides is 1. The fourth-order valence-electron chi connectivity index (χ4n) is 4.60. The summed E-state index contributed by atoms with van der Waals surface area (Å²) < 4.78 is 16.8. The minimum Gasteiger partial charge on any atom is -0.481 e. The summed E-state index contributed by atoms with van der Waals surface area (Å²) in [6, 6.07) is 0. The van der Waals surface area contributed by atoms with Gasteiger partial charge in [-0.3, -0.25) is 4.79 Å². The molecule has 0 bridgehead atoms. The molecule has 3 fully saturated rings. The van der Waals surface area contributed by atoms with Gasteiger partial charge in [-0.15, -0.1) is 0 Å². The van der Waals surface area contributed by atoms with Gasteiger partial charge in [0.15, 0.2) is 5.79 Å². The fourth-order valence-corrected chi connectivity index (χ4v) is 4.60. The van der Waals surface area contributed by atoms with Gasteiger partial charge >= 0.3 is 12.1 Å². The Morgan fingerprint density at radius 1 is 1.04 bits per heavy atom. The van der Waals surface area contributed by atoms with Crippen molar-refractivity contribution in [1.82, 2.24) is 4.90 Å². The molecule has 3 aliphatic rings. The average Bonchev–Trinajstić information content (AvgIpc) is 3.05. The molecule has 0 radical (unpaired) electrons. The minimum atomic E-state index is -1.42. The van der Waals surface area contributed by atoms with Crippen LogP contribution in [0.25, 0.3) is 0 Å². The summed E-state index contributed by atoms with van der Waals surface area (Å²) in [5, 5.41) is 21.5. The molecule has 8 nitrogen and oxygen atoms in total. The molecule has 2 heterocycles. The first-order valence-electron chi connectivity index (χ1n) is 9.73. The molecule has 2 aliphatic heterocycles. The van der Waals surface area contributed by atoms with E-state index in [0.29, 0.717) is 45.4 Å². The summed E-state index contributed by atoms with van der Waals surface area (Å²) in [7, 11) is 0. The smallest absolute Gasteiger partial charge is 0.410 e. The largest absolute Gasteiger partial charge is 0.481 e. The van der Waals surface area contributed by atoms with Crippen molar-refractivity contribution < 1.29 is 34.0 Å². The zero-order chi connectivity index (χ0) is 19.9.